The maximum atomic E-state index is 12.0. The minimum atomic E-state index is -2.45. The molecule has 4 heteroatoms. The number of rotatable bonds is 4. The molecule has 1 fully saturated rings. The van der Waals surface area contributed by atoms with E-state index < -0.39 is 25.2 Å². The molecule has 0 spiro atoms. The Hall–Kier alpha value is -0.220. The number of halogens is 2. The first kappa shape index (κ1) is 12.8. The van der Waals surface area contributed by atoms with Crippen LogP contribution in [0.5, 0.6) is 0 Å². The van der Waals surface area contributed by atoms with Crippen LogP contribution in [0.4, 0.5) is 8.78 Å². The van der Waals surface area contributed by atoms with Crippen LogP contribution in [-0.4, -0.2) is 30.3 Å². The normalized spacial score (nSPS) is 32.6. The van der Waals surface area contributed by atoms with Crippen molar-refractivity contribution >= 4 is 0 Å². The third kappa shape index (κ3) is 4.03. The molecular weight excluding hydrogens is 202 g/mol. The van der Waals surface area contributed by atoms with Gasteiger partial charge >= 0.3 is 0 Å². The van der Waals surface area contributed by atoms with Crippen molar-refractivity contribution in [3.05, 3.63) is 0 Å². The highest BCUT2D eigenvalue weighted by molar-refractivity contribution is 4.81. The fourth-order valence-corrected chi connectivity index (χ4v) is 2.13. The zero-order valence-corrected chi connectivity index (χ0v) is 9.33. The van der Waals surface area contributed by atoms with Crippen molar-refractivity contribution in [2.24, 2.45) is 11.8 Å². The van der Waals surface area contributed by atoms with Crippen LogP contribution in [0, 0.1) is 11.8 Å². The van der Waals surface area contributed by atoms with Gasteiger partial charge < -0.3 is 9.84 Å². The van der Waals surface area contributed by atoms with Gasteiger partial charge in [0.05, 0.1) is 12.2 Å². The minimum absolute atomic E-state index is 0.403. The monoisotopic (exact) mass is 222 g/mol. The highest BCUT2D eigenvalue weighted by Crippen LogP contribution is 2.31. The zero-order valence-electron chi connectivity index (χ0n) is 9.33. The SMILES string of the molecule is CC(C)C1CCC(O)C(OCC(F)F)C1. The topological polar surface area (TPSA) is 29.5 Å². The van der Waals surface area contributed by atoms with Crippen molar-refractivity contribution in [1.82, 2.24) is 0 Å². The van der Waals surface area contributed by atoms with Crippen molar-refractivity contribution in [2.75, 3.05) is 6.61 Å². The lowest BCUT2D eigenvalue weighted by Crippen LogP contribution is -2.38. The molecular formula is C11H20F2O2. The number of hydrogen-bond donors (Lipinski definition) is 1. The maximum Gasteiger partial charge on any atom is 0.261 e. The molecule has 1 aliphatic carbocycles. The molecule has 0 heterocycles. The first-order valence-corrected chi connectivity index (χ1v) is 5.58. The predicted molar refractivity (Wildman–Crippen MR) is 53.9 cm³/mol. The van der Waals surface area contributed by atoms with E-state index in [-0.39, 0.29) is 0 Å². The van der Waals surface area contributed by atoms with Crippen molar-refractivity contribution in [1.29, 1.82) is 0 Å². The third-order valence-corrected chi connectivity index (χ3v) is 3.18. The van der Waals surface area contributed by atoms with Crippen LogP contribution < -0.4 is 0 Å². The van der Waals surface area contributed by atoms with E-state index in [0.717, 1.165) is 6.42 Å². The Bertz CT molecular complexity index is 185. The molecule has 0 radical (unpaired) electrons. The van der Waals surface area contributed by atoms with Gasteiger partial charge in [-0.3, -0.25) is 0 Å². The average molecular weight is 222 g/mol. The van der Waals surface area contributed by atoms with Gasteiger partial charge in [0.25, 0.3) is 6.43 Å². The number of ether oxygens (including phenoxy) is 1. The van der Waals surface area contributed by atoms with Crippen LogP contribution in [0.15, 0.2) is 0 Å². The molecule has 1 aliphatic rings. The lowest BCUT2D eigenvalue weighted by molar-refractivity contribution is -0.102. The number of aliphatic hydroxyl groups is 1. The van der Waals surface area contributed by atoms with Gasteiger partial charge in [-0.25, -0.2) is 8.78 Å². The maximum absolute atomic E-state index is 12.0. The van der Waals surface area contributed by atoms with Crippen LogP contribution >= 0.6 is 0 Å². The Morgan fingerprint density at radius 3 is 2.53 bits per heavy atom. The molecule has 15 heavy (non-hydrogen) atoms. The summed E-state index contributed by atoms with van der Waals surface area (Å²) in [4.78, 5) is 0. The van der Waals surface area contributed by atoms with Crippen molar-refractivity contribution in [3.63, 3.8) is 0 Å². The summed E-state index contributed by atoms with van der Waals surface area (Å²) in [6, 6.07) is 0. The summed E-state index contributed by atoms with van der Waals surface area (Å²) in [5.41, 5.74) is 0. The molecule has 1 rings (SSSR count). The first-order chi connectivity index (χ1) is 7.00. The molecule has 0 amide bonds. The summed E-state index contributed by atoms with van der Waals surface area (Å²) in [5, 5.41) is 9.61. The van der Waals surface area contributed by atoms with E-state index in [1.54, 1.807) is 0 Å². The van der Waals surface area contributed by atoms with Gasteiger partial charge in [-0.05, 0) is 31.1 Å². The quantitative estimate of drug-likeness (QED) is 0.791. The zero-order chi connectivity index (χ0) is 11.4. The largest absolute Gasteiger partial charge is 0.390 e. The number of aliphatic hydroxyl groups excluding tert-OH is 1. The second kappa shape index (κ2) is 5.75. The molecule has 3 atom stereocenters. The third-order valence-electron chi connectivity index (χ3n) is 3.18. The van der Waals surface area contributed by atoms with E-state index in [4.69, 9.17) is 4.74 Å². The van der Waals surface area contributed by atoms with E-state index in [9.17, 15) is 13.9 Å². The molecule has 3 unspecified atom stereocenters. The highest BCUT2D eigenvalue weighted by Gasteiger charge is 2.31. The molecule has 0 aromatic heterocycles. The first-order valence-electron chi connectivity index (χ1n) is 5.58. The second-order valence-corrected chi connectivity index (χ2v) is 4.65. The van der Waals surface area contributed by atoms with Crippen LogP contribution in [0.2, 0.25) is 0 Å². The summed E-state index contributed by atoms with van der Waals surface area (Å²) >= 11 is 0. The second-order valence-electron chi connectivity index (χ2n) is 4.65. The Kier molecular flexibility index (Phi) is 4.93. The molecule has 0 bridgehead atoms. The summed E-state index contributed by atoms with van der Waals surface area (Å²) in [5.74, 6) is 1.01. The fraction of sp³-hybridized carbons (Fsp3) is 1.00. The van der Waals surface area contributed by atoms with E-state index in [2.05, 4.69) is 13.8 Å². The standard InChI is InChI=1S/C11H20F2O2/c1-7(2)8-3-4-9(14)10(5-8)15-6-11(12)13/h7-11,14H,3-6H2,1-2H3. The minimum Gasteiger partial charge on any atom is -0.390 e. The Morgan fingerprint density at radius 1 is 1.33 bits per heavy atom. The van der Waals surface area contributed by atoms with Crippen LogP contribution in [-0.2, 0) is 4.74 Å². The van der Waals surface area contributed by atoms with E-state index in [0.29, 0.717) is 24.7 Å². The summed E-state index contributed by atoms with van der Waals surface area (Å²) in [6.45, 7) is 3.67. The van der Waals surface area contributed by atoms with Crippen molar-refractivity contribution in [2.45, 2.75) is 51.7 Å². The number of alkyl halides is 2. The highest BCUT2D eigenvalue weighted by atomic mass is 19.3. The molecule has 0 saturated heterocycles. The van der Waals surface area contributed by atoms with Crippen LogP contribution in [0.1, 0.15) is 33.1 Å². The van der Waals surface area contributed by atoms with E-state index in [1.165, 1.54) is 0 Å². The van der Waals surface area contributed by atoms with Gasteiger partial charge in [-0.15, -0.1) is 0 Å². The Morgan fingerprint density at radius 2 is 2.00 bits per heavy atom. The number of hydrogen-bond acceptors (Lipinski definition) is 2. The summed E-state index contributed by atoms with van der Waals surface area (Å²) < 4.78 is 29.0. The van der Waals surface area contributed by atoms with Gasteiger partial charge in [0, 0.05) is 0 Å². The van der Waals surface area contributed by atoms with Gasteiger partial charge in [-0.2, -0.15) is 0 Å². The molecule has 0 aromatic rings. The predicted octanol–water partition coefficient (Wildman–Crippen LogP) is 2.45. The van der Waals surface area contributed by atoms with Gasteiger partial charge in [0.1, 0.15) is 6.61 Å². The molecule has 0 aromatic carbocycles. The summed E-state index contributed by atoms with van der Waals surface area (Å²) in [6.07, 6.45) is -1.09. The molecule has 2 nitrogen and oxygen atoms in total. The van der Waals surface area contributed by atoms with Gasteiger partial charge in [0.15, 0.2) is 0 Å². The van der Waals surface area contributed by atoms with Crippen molar-refractivity contribution < 1.29 is 18.6 Å². The van der Waals surface area contributed by atoms with Crippen molar-refractivity contribution in [3.8, 4) is 0 Å². The van der Waals surface area contributed by atoms with Crippen LogP contribution in [0.25, 0.3) is 0 Å². The summed E-state index contributed by atoms with van der Waals surface area (Å²) in [7, 11) is 0. The Balaban J connectivity index is 2.39. The average Bonchev–Trinajstić information content (AvgIpc) is 2.16. The lowest BCUT2D eigenvalue weighted by Gasteiger charge is -2.35. The lowest BCUT2D eigenvalue weighted by atomic mass is 9.79. The van der Waals surface area contributed by atoms with Gasteiger partial charge in [0.2, 0.25) is 0 Å². The van der Waals surface area contributed by atoms with E-state index >= 15 is 0 Å². The molecule has 0 aliphatic heterocycles. The molecule has 1 N–H and O–H groups in total. The van der Waals surface area contributed by atoms with Crippen LogP contribution in [0.3, 0.4) is 0 Å². The van der Waals surface area contributed by atoms with Gasteiger partial charge in [-0.1, -0.05) is 13.8 Å². The Labute approximate surface area is 89.6 Å². The molecule has 90 valence electrons. The smallest absolute Gasteiger partial charge is 0.261 e. The fourth-order valence-electron chi connectivity index (χ4n) is 2.13. The molecule has 1 saturated carbocycles. The van der Waals surface area contributed by atoms with E-state index in [1.807, 2.05) is 0 Å².